The number of hydrogen-bond acceptors (Lipinski definition) is 3. The first-order chi connectivity index (χ1) is 5.66. The second kappa shape index (κ2) is 7.19. The Morgan fingerprint density at radius 2 is 2.17 bits per heavy atom. The summed E-state index contributed by atoms with van der Waals surface area (Å²) in [6, 6.07) is 0. The minimum absolute atomic E-state index is 0.231. The summed E-state index contributed by atoms with van der Waals surface area (Å²) < 4.78 is 14.9. The van der Waals surface area contributed by atoms with Crippen molar-refractivity contribution in [2.75, 3.05) is 12.8 Å². The lowest BCUT2D eigenvalue weighted by molar-refractivity contribution is -0.143. The van der Waals surface area contributed by atoms with Crippen LogP contribution < -0.4 is 0 Å². The fourth-order valence-corrected chi connectivity index (χ4v) is 1.24. The maximum absolute atomic E-state index is 10.7. The molecule has 0 amide bonds. The minimum Gasteiger partial charge on any atom is -0.466 e. The monoisotopic (exact) mass is 193 g/mol. The Balaban J connectivity index is 3.19. The predicted molar refractivity (Wildman–Crippen MR) is 45.2 cm³/mol. The van der Waals surface area contributed by atoms with E-state index in [2.05, 4.69) is 4.74 Å². The fourth-order valence-electron chi connectivity index (χ4n) is 0.750. The van der Waals surface area contributed by atoms with Crippen LogP contribution in [0, 0.1) is 0 Å². The van der Waals surface area contributed by atoms with E-state index in [-0.39, 0.29) is 12.1 Å². The number of rotatable bonds is 6. The smallest absolute Gasteiger partial charge is 0.466 e. The zero-order valence-electron chi connectivity index (χ0n) is 7.15. The lowest BCUT2D eigenvalue weighted by Crippen LogP contribution is -2.03. The molecule has 0 aromatic heterocycles. The normalized spacial score (nSPS) is 11.0. The van der Waals surface area contributed by atoms with Crippen LogP contribution in [0.3, 0.4) is 0 Å². The molecule has 0 aromatic rings. The van der Waals surface area contributed by atoms with Crippen molar-refractivity contribution < 1.29 is 19.0 Å². The van der Waals surface area contributed by atoms with Gasteiger partial charge in [-0.25, -0.2) is 0 Å². The Morgan fingerprint density at radius 3 is 2.67 bits per heavy atom. The van der Waals surface area contributed by atoms with Crippen molar-refractivity contribution in [1.29, 1.82) is 0 Å². The van der Waals surface area contributed by atoms with Crippen LogP contribution in [0.15, 0.2) is 0 Å². The lowest BCUT2D eigenvalue weighted by atomic mass is 10.2. The SMILES string of the molecule is CCOC(=O)CCCC[P+](=O)O. The van der Waals surface area contributed by atoms with Crippen LogP contribution in [-0.4, -0.2) is 23.6 Å². The van der Waals surface area contributed by atoms with Crippen LogP contribution in [0.25, 0.3) is 0 Å². The first-order valence-electron chi connectivity index (χ1n) is 3.96. The van der Waals surface area contributed by atoms with Crippen LogP contribution in [0.5, 0.6) is 0 Å². The van der Waals surface area contributed by atoms with Gasteiger partial charge in [0.05, 0.1) is 6.61 Å². The molecular formula is C7H14O4P+. The van der Waals surface area contributed by atoms with Gasteiger partial charge in [-0.3, -0.25) is 4.79 Å². The molecule has 0 aliphatic heterocycles. The summed E-state index contributed by atoms with van der Waals surface area (Å²) in [5.74, 6) is -0.231. The summed E-state index contributed by atoms with van der Waals surface area (Å²) in [6.07, 6.45) is 1.84. The van der Waals surface area contributed by atoms with E-state index in [4.69, 9.17) is 4.89 Å². The standard InChI is InChI=1S/C7H13O4P/c1-2-11-7(8)5-3-4-6-12(9)10/h2-6H2,1H3/p+1. The van der Waals surface area contributed by atoms with Gasteiger partial charge in [0.1, 0.15) is 0 Å². The fraction of sp³-hybridized carbons (Fsp3) is 0.857. The van der Waals surface area contributed by atoms with Crippen LogP contribution in [0.4, 0.5) is 0 Å². The van der Waals surface area contributed by atoms with E-state index in [1.54, 1.807) is 6.92 Å². The Bertz CT molecular complexity index is 157. The van der Waals surface area contributed by atoms with Gasteiger partial charge in [-0.1, -0.05) is 0 Å². The molecule has 0 aliphatic carbocycles. The quantitative estimate of drug-likeness (QED) is 0.394. The Kier molecular flexibility index (Phi) is 6.91. The molecule has 0 saturated carbocycles. The molecule has 1 N–H and O–H groups in total. The van der Waals surface area contributed by atoms with Gasteiger partial charge in [0.25, 0.3) is 0 Å². The van der Waals surface area contributed by atoms with Gasteiger partial charge >= 0.3 is 14.0 Å². The molecule has 12 heavy (non-hydrogen) atoms. The second-order valence-corrected chi connectivity index (χ2v) is 3.49. The Morgan fingerprint density at radius 1 is 1.50 bits per heavy atom. The molecule has 0 heterocycles. The first kappa shape index (κ1) is 11.5. The first-order valence-corrected chi connectivity index (χ1v) is 5.35. The molecule has 0 aliphatic rings. The van der Waals surface area contributed by atoms with E-state index in [1.165, 1.54) is 0 Å². The van der Waals surface area contributed by atoms with Crippen molar-refractivity contribution in [1.82, 2.24) is 0 Å². The molecule has 0 spiro atoms. The van der Waals surface area contributed by atoms with Gasteiger partial charge in [0.15, 0.2) is 6.16 Å². The highest BCUT2D eigenvalue weighted by molar-refractivity contribution is 7.37. The van der Waals surface area contributed by atoms with Crippen LogP contribution >= 0.6 is 8.03 Å². The third-order valence-electron chi connectivity index (χ3n) is 1.29. The van der Waals surface area contributed by atoms with Gasteiger partial charge in [-0.2, -0.15) is 4.89 Å². The summed E-state index contributed by atoms with van der Waals surface area (Å²) in [5, 5.41) is 0. The molecule has 0 radical (unpaired) electrons. The highest BCUT2D eigenvalue weighted by Gasteiger charge is 2.09. The Hall–Kier alpha value is -0.470. The molecule has 4 nitrogen and oxygen atoms in total. The number of carbonyl (C=O) groups is 1. The van der Waals surface area contributed by atoms with E-state index in [0.29, 0.717) is 25.9 Å². The molecule has 0 fully saturated rings. The third kappa shape index (κ3) is 7.63. The summed E-state index contributed by atoms with van der Waals surface area (Å²) in [4.78, 5) is 19.1. The molecule has 0 saturated heterocycles. The van der Waals surface area contributed by atoms with Crippen molar-refractivity contribution in [3.8, 4) is 0 Å². The molecule has 0 aromatic carbocycles. The van der Waals surface area contributed by atoms with E-state index >= 15 is 0 Å². The van der Waals surface area contributed by atoms with Gasteiger partial charge in [-0.15, -0.1) is 0 Å². The Labute approximate surface area is 72.8 Å². The molecular weight excluding hydrogens is 179 g/mol. The molecule has 70 valence electrons. The van der Waals surface area contributed by atoms with E-state index in [9.17, 15) is 9.36 Å². The highest BCUT2D eigenvalue weighted by atomic mass is 31.1. The number of carbonyl (C=O) groups excluding carboxylic acids is 1. The number of ether oxygens (including phenoxy) is 1. The maximum atomic E-state index is 10.7. The topological polar surface area (TPSA) is 63.6 Å². The summed E-state index contributed by atoms with van der Waals surface area (Å²) in [7, 11) is -2.04. The maximum Gasteiger partial charge on any atom is 0.505 e. The number of esters is 1. The average Bonchev–Trinajstić information content (AvgIpc) is 1.98. The molecule has 0 bridgehead atoms. The lowest BCUT2D eigenvalue weighted by Gasteiger charge is -1.98. The third-order valence-corrected chi connectivity index (χ3v) is 1.98. The summed E-state index contributed by atoms with van der Waals surface area (Å²) in [5.41, 5.74) is 0. The number of hydrogen-bond donors (Lipinski definition) is 1. The summed E-state index contributed by atoms with van der Waals surface area (Å²) in [6.45, 7) is 2.15. The van der Waals surface area contributed by atoms with Crippen molar-refractivity contribution in [3.63, 3.8) is 0 Å². The van der Waals surface area contributed by atoms with Crippen molar-refractivity contribution in [2.24, 2.45) is 0 Å². The van der Waals surface area contributed by atoms with Gasteiger partial charge in [0.2, 0.25) is 0 Å². The van der Waals surface area contributed by atoms with Crippen molar-refractivity contribution >= 4 is 14.0 Å². The molecule has 0 rings (SSSR count). The van der Waals surface area contributed by atoms with Crippen molar-refractivity contribution in [3.05, 3.63) is 0 Å². The van der Waals surface area contributed by atoms with Crippen LogP contribution in [0.1, 0.15) is 26.2 Å². The predicted octanol–water partition coefficient (Wildman–Crippen LogP) is 1.45. The average molecular weight is 193 g/mol. The zero-order valence-corrected chi connectivity index (χ0v) is 8.05. The van der Waals surface area contributed by atoms with Crippen LogP contribution in [0.2, 0.25) is 0 Å². The summed E-state index contributed by atoms with van der Waals surface area (Å²) >= 11 is 0. The highest BCUT2D eigenvalue weighted by Crippen LogP contribution is 2.15. The van der Waals surface area contributed by atoms with Gasteiger partial charge < -0.3 is 4.74 Å². The minimum atomic E-state index is -2.04. The van der Waals surface area contributed by atoms with E-state index in [1.807, 2.05) is 0 Å². The van der Waals surface area contributed by atoms with Crippen molar-refractivity contribution in [2.45, 2.75) is 26.2 Å². The largest absolute Gasteiger partial charge is 0.505 e. The van der Waals surface area contributed by atoms with Gasteiger partial charge in [0, 0.05) is 6.42 Å². The number of unbranched alkanes of at least 4 members (excludes halogenated alkanes) is 1. The second-order valence-electron chi connectivity index (χ2n) is 2.34. The molecule has 5 heteroatoms. The van der Waals surface area contributed by atoms with E-state index < -0.39 is 8.03 Å². The van der Waals surface area contributed by atoms with E-state index in [0.717, 1.165) is 0 Å². The molecule has 1 unspecified atom stereocenters. The molecule has 1 atom stereocenters. The van der Waals surface area contributed by atoms with Crippen LogP contribution in [-0.2, 0) is 14.1 Å². The van der Waals surface area contributed by atoms with Gasteiger partial charge in [-0.05, 0) is 24.3 Å². The zero-order chi connectivity index (χ0) is 9.40.